The minimum Gasteiger partial charge on any atom is -0.481 e. The van der Waals surface area contributed by atoms with E-state index in [0.29, 0.717) is 17.4 Å². The van der Waals surface area contributed by atoms with Crippen LogP contribution in [0, 0.1) is 11.3 Å². The average Bonchev–Trinajstić information content (AvgIpc) is 2.67. The van der Waals surface area contributed by atoms with E-state index in [2.05, 4.69) is 24.5 Å². The van der Waals surface area contributed by atoms with Gasteiger partial charge in [-0.05, 0) is 42.2 Å². The van der Waals surface area contributed by atoms with Gasteiger partial charge < -0.3 is 15.4 Å². The van der Waals surface area contributed by atoms with Gasteiger partial charge in [0.2, 0.25) is 5.91 Å². The number of nitrogens with one attached hydrogen (secondary N) is 2. The molecule has 0 radical (unpaired) electrons. The summed E-state index contributed by atoms with van der Waals surface area (Å²) in [5, 5.41) is 14.1. The zero-order chi connectivity index (χ0) is 20.5. The number of anilines is 1. The Balaban J connectivity index is 1.92. The number of para-hydroxylation sites is 1. The molecule has 6 heteroatoms. The summed E-state index contributed by atoms with van der Waals surface area (Å²) >= 11 is 0. The summed E-state index contributed by atoms with van der Waals surface area (Å²) < 4.78 is 5.71. The van der Waals surface area contributed by atoms with E-state index in [9.17, 15) is 9.59 Å². The van der Waals surface area contributed by atoms with Crippen LogP contribution in [0.1, 0.15) is 44.2 Å². The van der Waals surface area contributed by atoms with Gasteiger partial charge in [0.05, 0.1) is 6.07 Å². The van der Waals surface area contributed by atoms with Crippen molar-refractivity contribution in [3.8, 4) is 11.8 Å². The number of ether oxygens (including phenoxy) is 1. The zero-order valence-electron chi connectivity index (χ0n) is 16.4. The highest BCUT2D eigenvalue weighted by atomic mass is 16.5. The summed E-state index contributed by atoms with van der Waals surface area (Å²) in [6.45, 7) is 6.16. The molecule has 0 saturated heterocycles. The van der Waals surface area contributed by atoms with E-state index < -0.39 is 6.10 Å². The van der Waals surface area contributed by atoms with E-state index in [0.717, 1.165) is 5.56 Å². The first kappa shape index (κ1) is 21.0. The molecular formula is C22H25N3O3. The van der Waals surface area contributed by atoms with E-state index in [1.807, 2.05) is 30.3 Å². The molecule has 0 aliphatic heterocycles. The number of nitriles is 1. The van der Waals surface area contributed by atoms with Crippen molar-refractivity contribution in [2.45, 2.75) is 45.8 Å². The predicted octanol–water partition coefficient (Wildman–Crippen LogP) is 3.75. The van der Waals surface area contributed by atoms with Crippen molar-refractivity contribution in [3.05, 3.63) is 59.7 Å². The van der Waals surface area contributed by atoms with Gasteiger partial charge in [-0.25, -0.2) is 0 Å². The summed E-state index contributed by atoms with van der Waals surface area (Å²) in [4.78, 5) is 24.0. The van der Waals surface area contributed by atoms with Crippen molar-refractivity contribution >= 4 is 17.5 Å². The Morgan fingerprint density at radius 1 is 1.07 bits per heavy atom. The van der Waals surface area contributed by atoms with Gasteiger partial charge in [-0.1, -0.05) is 44.2 Å². The first-order chi connectivity index (χ1) is 13.4. The topological polar surface area (TPSA) is 91.2 Å². The van der Waals surface area contributed by atoms with Gasteiger partial charge in [0, 0.05) is 12.2 Å². The normalized spacial score (nSPS) is 11.4. The van der Waals surface area contributed by atoms with Crippen LogP contribution in [0.2, 0.25) is 0 Å². The lowest BCUT2D eigenvalue weighted by atomic mass is 10.0. The molecule has 0 aromatic heterocycles. The van der Waals surface area contributed by atoms with Crippen LogP contribution in [0.15, 0.2) is 48.5 Å². The maximum atomic E-state index is 12.4. The minimum atomic E-state index is -0.662. The van der Waals surface area contributed by atoms with Crippen LogP contribution < -0.4 is 15.4 Å². The van der Waals surface area contributed by atoms with Crippen molar-refractivity contribution < 1.29 is 14.3 Å². The van der Waals surface area contributed by atoms with Crippen LogP contribution in [-0.4, -0.2) is 17.9 Å². The van der Waals surface area contributed by atoms with Crippen LogP contribution >= 0.6 is 0 Å². The molecule has 0 bridgehead atoms. The Labute approximate surface area is 165 Å². The second kappa shape index (κ2) is 10.1. The number of amides is 2. The largest absolute Gasteiger partial charge is 0.481 e. The predicted molar refractivity (Wildman–Crippen MR) is 108 cm³/mol. The monoisotopic (exact) mass is 379 g/mol. The highest BCUT2D eigenvalue weighted by Crippen LogP contribution is 2.20. The van der Waals surface area contributed by atoms with Crippen molar-refractivity contribution in [1.82, 2.24) is 5.32 Å². The van der Waals surface area contributed by atoms with E-state index in [1.54, 1.807) is 31.2 Å². The first-order valence-corrected chi connectivity index (χ1v) is 9.19. The molecule has 146 valence electrons. The maximum absolute atomic E-state index is 12.4. The zero-order valence-corrected chi connectivity index (χ0v) is 16.4. The fourth-order valence-electron chi connectivity index (χ4n) is 2.58. The van der Waals surface area contributed by atoms with Gasteiger partial charge in [0.15, 0.2) is 6.10 Å². The molecule has 0 heterocycles. The second-order valence-electron chi connectivity index (χ2n) is 6.74. The molecule has 6 nitrogen and oxygen atoms in total. The number of benzene rings is 2. The summed E-state index contributed by atoms with van der Waals surface area (Å²) in [5.74, 6) is 0.425. The summed E-state index contributed by atoms with van der Waals surface area (Å²) in [7, 11) is 0. The number of hydrogen-bond acceptors (Lipinski definition) is 4. The Kier molecular flexibility index (Phi) is 7.58. The van der Waals surface area contributed by atoms with Crippen LogP contribution in [0.4, 0.5) is 5.69 Å². The van der Waals surface area contributed by atoms with Gasteiger partial charge >= 0.3 is 0 Å². The van der Waals surface area contributed by atoms with Gasteiger partial charge in [-0.3, -0.25) is 9.59 Å². The molecule has 2 N–H and O–H groups in total. The van der Waals surface area contributed by atoms with Crippen molar-refractivity contribution in [3.63, 3.8) is 0 Å². The summed E-state index contributed by atoms with van der Waals surface area (Å²) in [6.07, 6.45) is -0.883. The molecule has 28 heavy (non-hydrogen) atoms. The molecule has 2 aromatic carbocycles. The molecule has 2 aromatic rings. The van der Waals surface area contributed by atoms with Crippen molar-refractivity contribution in [1.29, 1.82) is 5.26 Å². The highest BCUT2D eigenvalue weighted by Gasteiger charge is 2.15. The minimum absolute atomic E-state index is 0.221. The van der Waals surface area contributed by atoms with Gasteiger partial charge in [0.1, 0.15) is 12.2 Å². The van der Waals surface area contributed by atoms with Gasteiger partial charge in [0.25, 0.3) is 5.91 Å². The van der Waals surface area contributed by atoms with Crippen molar-refractivity contribution in [2.24, 2.45) is 0 Å². The van der Waals surface area contributed by atoms with Crippen LogP contribution in [0.5, 0.6) is 5.75 Å². The third kappa shape index (κ3) is 6.13. The molecule has 0 spiro atoms. The Bertz CT molecular complexity index is 854. The van der Waals surface area contributed by atoms with Crippen LogP contribution in [0.25, 0.3) is 0 Å². The standard InChI is InChI=1S/C22H25N3O3/c1-15(2)17-8-10-19(11-9-17)28-16(3)22(27)24-14-18-6-4-5-7-20(18)25-21(26)12-13-23/h4-11,15-16H,12,14H2,1-3H3,(H,24,27)(H,25,26). The number of rotatable bonds is 8. The molecule has 0 fully saturated rings. The summed E-state index contributed by atoms with van der Waals surface area (Å²) in [6, 6.07) is 16.6. The fraction of sp³-hybridized carbons (Fsp3) is 0.318. The van der Waals surface area contributed by atoms with E-state index in [4.69, 9.17) is 10.00 Å². The Morgan fingerprint density at radius 3 is 2.39 bits per heavy atom. The molecule has 2 amide bonds. The van der Waals surface area contributed by atoms with E-state index >= 15 is 0 Å². The highest BCUT2D eigenvalue weighted by molar-refractivity contribution is 5.92. The lowest BCUT2D eigenvalue weighted by Gasteiger charge is -2.16. The molecule has 0 aliphatic rings. The van der Waals surface area contributed by atoms with E-state index in [-0.39, 0.29) is 24.8 Å². The number of carbonyl (C=O) groups is 2. The maximum Gasteiger partial charge on any atom is 0.261 e. The smallest absolute Gasteiger partial charge is 0.261 e. The number of carbonyl (C=O) groups excluding carboxylic acids is 2. The average molecular weight is 379 g/mol. The molecule has 1 atom stereocenters. The first-order valence-electron chi connectivity index (χ1n) is 9.19. The lowest BCUT2D eigenvalue weighted by Crippen LogP contribution is -2.36. The fourth-order valence-corrected chi connectivity index (χ4v) is 2.58. The van der Waals surface area contributed by atoms with Gasteiger partial charge in [-0.15, -0.1) is 0 Å². The van der Waals surface area contributed by atoms with Gasteiger partial charge in [-0.2, -0.15) is 5.26 Å². The third-order valence-electron chi connectivity index (χ3n) is 4.21. The van der Waals surface area contributed by atoms with E-state index in [1.165, 1.54) is 5.56 Å². The number of nitrogens with zero attached hydrogens (tertiary/aromatic N) is 1. The molecule has 0 aliphatic carbocycles. The molecular weight excluding hydrogens is 354 g/mol. The Hall–Kier alpha value is -3.33. The molecule has 1 unspecified atom stereocenters. The summed E-state index contributed by atoms with van der Waals surface area (Å²) in [5.41, 5.74) is 2.52. The molecule has 0 saturated carbocycles. The van der Waals surface area contributed by atoms with Crippen LogP contribution in [0.3, 0.4) is 0 Å². The quantitative estimate of drug-likeness (QED) is 0.731. The van der Waals surface area contributed by atoms with Crippen molar-refractivity contribution in [2.75, 3.05) is 5.32 Å². The molecule has 2 rings (SSSR count). The van der Waals surface area contributed by atoms with Crippen LogP contribution in [-0.2, 0) is 16.1 Å². The third-order valence-corrected chi connectivity index (χ3v) is 4.21. The second-order valence-corrected chi connectivity index (χ2v) is 6.74. The Morgan fingerprint density at radius 2 is 1.75 bits per heavy atom. The number of hydrogen-bond donors (Lipinski definition) is 2. The SMILES string of the molecule is CC(Oc1ccc(C(C)C)cc1)C(=O)NCc1ccccc1NC(=O)CC#N. The lowest BCUT2D eigenvalue weighted by molar-refractivity contribution is -0.127.